The highest BCUT2D eigenvalue weighted by Gasteiger charge is 2.36. The minimum absolute atomic E-state index is 0.693. The number of aromatic nitrogens is 1. The van der Waals surface area contributed by atoms with E-state index in [1.807, 2.05) is 6.20 Å². The fraction of sp³-hybridized carbons (Fsp3) is 0.800. The molecule has 2 saturated heterocycles. The highest BCUT2D eigenvalue weighted by Crippen LogP contribution is 2.28. The molecule has 2 aliphatic rings. The molecular formula is C15H25N3S. The molecule has 0 aromatic carbocycles. The van der Waals surface area contributed by atoms with Crippen molar-refractivity contribution in [1.29, 1.82) is 0 Å². The van der Waals surface area contributed by atoms with Gasteiger partial charge in [0.05, 0.1) is 6.54 Å². The van der Waals surface area contributed by atoms with E-state index in [4.69, 9.17) is 0 Å². The molecule has 2 unspecified atom stereocenters. The smallest absolute Gasteiger partial charge is 0.107 e. The number of nitrogens with zero attached hydrogens (tertiary/aromatic N) is 3. The molecule has 4 heteroatoms. The Balaban J connectivity index is 1.72. The van der Waals surface area contributed by atoms with Crippen molar-refractivity contribution < 1.29 is 0 Å². The van der Waals surface area contributed by atoms with Crippen LogP contribution in [0.1, 0.15) is 38.1 Å². The summed E-state index contributed by atoms with van der Waals surface area (Å²) in [5, 5.41) is 3.37. The van der Waals surface area contributed by atoms with Gasteiger partial charge in [-0.1, -0.05) is 20.3 Å². The van der Waals surface area contributed by atoms with Crippen molar-refractivity contribution in [3.63, 3.8) is 0 Å². The van der Waals surface area contributed by atoms with Gasteiger partial charge in [-0.25, -0.2) is 4.98 Å². The summed E-state index contributed by atoms with van der Waals surface area (Å²) in [6.45, 7) is 9.59. The number of hydrogen-bond acceptors (Lipinski definition) is 4. The highest BCUT2D eigenvalue weighted by molar-refractivity contribution is 7.09. The first-order valence-corrected chi connectivity index (χ1v) is 8.48. The Bertz CT molecular complexity index is 390. The third kappa shape index (κ3) is 3.01. The zero-order chi connectivity index (χ0) is 13.2. The Labute approximate surface area is 120 Å². The summed E-state index contributed by atoms with van der Waals surface area (Å²) >= 11 is 1.79. The van der Waals surface area contributed by atoms with Crippen molar-refractivity contribution in [3.05, 3.63) is 16.6 Å². The van der Waals surface area contributed by atoms with Gasteiger partial charge in [0, 0.05) is 36.8 Å². The predicted octanol–water partition coefficient (Wildman–Crippen LogP) is 2.84. The summed E-state index contributed by atoms with van der Waals surface area (Å²) in [5.41, 5.74) is 0. The van der Waals surface area contributed by atoms with E-state index in [0.29, 0.717) is 6.04 Å². The average molecular weight is 279 g/mol. The van der Waals surface area contributed by atoms with E-state index < -0.39 is 0 Å². The van der Waals surface area contributed by atoms with Crippen molar-refractivity contribution in [2.45, 2.75) is 51.7 Å². The second-order valence-corrected chi connectivity index (χ2v) is 7.29. The molecule has 3 heterocycles. The minimum atomic E-state index is 0.693. The molecule has 0 saturated carbocycles. The molecule has 0 N–H and O–H groups in total. The van der Waals surface area contributed by atoms with Crippen LogP contribution in [0.4, 0.5) is 0 Å². The van der Waals surface area contributed by atoms with Crippen LogP contribution >= 0.6 is 11.3 Å². The Morgan fingerprint density at radius 3 is 3.00 bits per heavy atom. The first kappa shape index (κ1) is 13.5. The number of piperidine rings is 1. The van der Waals surface area contributed by atoms with Crippen LogP contribution in [0.15, 0.2) is 11.6 Å². The summed E-state index contributed by atoms with van der Waals surface area (Å²) in [6, 6.07) is 1.49. The first-order chi connectivity index (χ1) is 9.24. The molecule has 1 aromatic rings. The first-order valence-electron chi connectivity index (χ1n) is 7.60. The molecular weight excluding hydrogens is 254 g/mol. The molecule has 0 radical (unpaired) electrons. The fourth-order valence-corrected chi connectivity index (χ4v) is 4.23. The molecule has 2 atom stereocenters. The molecule has 0 bridgehead atoms. The van der Waals surface area contributed by atoms with E-state index in [0.717, 1.165) is 18.5 Å². The standard InChI is InChI=1S/C15H25N3S/c1-12(2)14-10-17-7-4-3-5-13(17)9-18(14)11-15-16-6-8-19-15/h6,8,12-14H,3-5,7,9-11H2,1-2H3. The number of rotatable bonds is 3. The molecule has 19 heavy (non-hydrogen) atoms. The van der Waals surface area contributed by atoms with Crippen molar-refractivity contribution in [2.24, 2.45) is 5.92 Å². The Morgan fingerprint density at radius 1 is 1.37 bits per heavy atom. The number of hydrogen-bond donors (Lipinski definition) is 0. The zero-order valence-electron chi connectivity index (χ0n) is 12.1. The lowest BCUT2D eigenvalue weighted by Gasteiger charge is -2.49. The topological polar surface area (TPSA) is 19.4 Å². The largest absolute Gasteiger partial charge is 0.298 e. The van der Waals surface area contributed by atoms with E-state index >= 15 is 0 Å². The van der Waals surface area contributed by atoms with E-state index in [1.54, 1.807) is 11.3 Å². The predicted molar refractivity (Wildman–Crippen MR) is 80.4 cm³/mol. The van der Waals surface area contributed by atoms with Crippen LogP contribution in [-0.4, -0.2) is 46.5 Å². The number of fused-ring (bicyclic) bond motifs is 1. The maximum atomic E-state index is 4.47. The van der Waals surface area contributed by atoms with Gasteiger partial charge in [-0.2, -0.15) is 0 Å². The second kappa shape index (κ2) is 5.90. The summed E-state index contributed by atoms with van der Waals surface area (Å²) in [6.07, 6.45) is 6.13. The van der Waals surface area contributed by atoms with Gasteiger partial charge in [-0.3, -0.25) is 9.80 Å². The minimum Gasteiger partial charge on any atom is -0.298 e. The maximum absolute atomic E-state index is 4.47. The van der Waals surface area contributed by atoms with Gasteiger partial charge in [0.25, 0.3) is 0 Å². The van der Waals surface area contributed by atoms with Crippen molar-refractivity contribution in [1.82, 2.24) is 14.8 Å². The van der Waals surface area contributed by atoms with Gasteiger partial charge in [0.1, 0.15) is 5.01 Å². The van der Waals surface area contributed by atoms with E-state index in [9.17, 15) is 0 Å². The lowest BCUT2D eigenvalue weighted by atomic mass is 9.92. The molecule has 0 amide bonds. The van der Waals surface area contributed by atoms with Crippen LogP contribution in [0, 0.1) is 5.92 Å². The molecule has 0 aliphatic carbocycles. The third-order valence-electron chi connectivity index (χ3n) is 4.68. The van der Waals surface area contributed by atoms with Gasteiger partial charge in [-0.05, 0) is 25.3 Å². The van der Waals surface area contributed by atoms with Gasteiger partial charge in [0.15, 0.2) is 0 Å². The third-order valence-corrected chi connectivity index (χ3v) is 5.44. The van der Waals surface area contributed by atoms with Crippen molar-refractivity contribution >= 4 is 11.3 Å². The second-order valence-electron chi connectivity index (χ2n) is 6.31. The van der Waals surface area contributed by atoms with Gasteiger partial charge >= 0.3 is 0 Å². The molecule has 3 rings (SSSR count). The van der Waals surface area contributed by atoms with Crippen LogP contribution in [-0.2, 0) is 6.54 Å². The average Bonchev–Trinajstić information content (AvgIpc) is 2.90. The SMILES string of the molecule is CC(C)C1CN2CCCCC2CN1Cc1nccs1. The van der Waals surface area contributed by atoms with Crippen LogP contribution in [0.3, 0.4) is 0 Å². The molecule has 2 aliphatic heterocycles. The van der Waals surface area contributed by atoms with E-state index in [1.165, 1.54) is 43.9 Å². The lowest BCUT2D eigenvalue weighted by Crippen LogP contribution is -2.60. The molecule has 0 spiro atoms. The van der Waals surface area contributed by atoms with Crippen LogP contribution in [0.5, 0.6) is 0 Å². The Kier molecular flexibility index (Phi) is 4.20. The summed E-state index contributed by atoms with van der Waals surface area (Å²) in [7, 11) is 0. The van der Waals surface area contributed by atoms with E-state index in [2.05, 4.69) is 34.0 Å². The van der Waals surface area contributed by atoms with E-state index in [-0.39, 0.29) is 0 Å². The molecule has 1 aromatic heterocycles. The molecule has 106 valence electrons. The highest BCUT2D eigenvalue weighted by atomic mass is 32.1. The molecule has 3 nitrogen and oxygen atoms in total. The normalized spacial score (nSPS) is 29.6. The number of thiazole rings is 1. The quantitative estimate of drug-likeness (QED) is 0.848. The fourth-order valence-electron chi connectivity index (χ4n) is 3.59. The monoisotopic (exact) mass is 279 g/mol. The zero-order valence-corrected chi connectivity index (χ0v) is 12.9. The Morgan fingerprint density at radius 2 is 2.26 bits per heavy atom. The van der Waals surface area contributed by atoms with Crippen molar-refractivity contribution in [2.75, 3.05) is 19.6 Å². The summed E-state index contributed by atoms with van der Waals surface area (Å²) < 4.78 is 0. The summed E-state index contributed by atoms with van der Waals surface area (Å²) in [5.74, 6) is 0.725. The van der Waals surface area contributed by atoms with Gasteiger partial charge in [-0.15, -0.1) is 11.3 Å². The maximum Gasteiger partial charge on any atom is 0.107 e. The molecule has 2 fully saturated rings. The lowest BCUT2D eigenvalue weighted by molar-refractivity contribution is -0.0118. The van der Waals surface area contributed by atoms with Crippen LogP contribution < -0.4 is 0 Å². The number of piperazine rings is 1. The van der Waals surface area contributed by atoms with Crippen LogP contribution in [0.2, 0.25) is 0 Å². The van der Waals surface area contributed by atoms with Crippen LogP contribution in [0.25, 0.3) is 0 Å². The van der Waals surface area contributed by atoms with Crippen molar-refractivity contribution in [3.8, 4) is 0 Å². The van der Waals surface area contributed by atoms with Gasteiger partial charge < -0.3 is 0 Å². The Hall–Kier alpha value is -0.450. The van der Waals surface area contributed by atoms with Gasteiger partial charge in [0.2, 0.25) is 0 Å². The summed E-state index contributed by atoms with van der Waals surface area (Å²) in [4.78, 5) is 9.90.